The second kappa shape index (κ2) is 3.29. The van der Waals surface area contributed by atoms with E-state index in [-0.39, 0.29) is 0 Å². The molecule has 1 amide bonds. The van der Waals surface area contributed by atoms with E-state index in [9.17, 15) is 4.79 Å². The zero-order valence-corrected chi connectivity index (χ0v) is 7.63. The quantitative estimate of drug-likeness (QED) is 0.496. The van der Waals surface area contributed by atoms with Gasteiger partial charge in [0.1, 0.15) is 7.85 Å². The summed E-state index contributed by atoms with van der Waals surface area (Å²) in [5.41, 5.74) is 0. The van der Waals surface area contributed by atoms with E-state index in [0.29, 0.717) is 24.2 Å². The van der Waals surface area contributed by atoms with Crippen LogP contribution in [0.15, 0.2) is 0 Å². The number of hydrogen-bond acceptors (Lipinski definition) is 1. The summed E-state index contributed by atoms with van der Waals surface area (Å²) in [7, 11) is 1.93. The molecule has 11 heavy (non-hydrogen) atoms. The maximum atomic E-state index is 11.3. The standard InChI is InChI=1S/C8H16BNO/c1-6-3-7(2)10(5-6)8(11)4-9/h6-7H,3-5,9H2,1-2H3. The zero-order chi connectivity index (χ0) is 8.43. The van der Waals surface area contributed by atoms with Gasteiger partial charge >= 0.3 is 0 Å². The molecule has 0 radical (unpaired) electrons. The zero-order valence-electron chi connectivity index (χ0n) is 7.63. The average molecular weight is 153 g/mol. The molecule has 62 valence electrons. The highest BCUT2D eigenvalue weighted by Crippen LogP contribution is 2.22. The van der Waals surface area contributed by atoms with Crippen molar-refractivity contribution in [3.63, 3.8) is 0 Å². The summed E-state index contributed by atoms with van der Waals surface area (Å²) in [5, 5.41) is 0. The van der Waals surface area contributed by atoms with Gasteiger partial charge in [0.05, 0.1) is 0 Å². The molecule has 1 fully saturated rings. The third-order valence-electron chi connectivity index (χ3n) is 2.41. The Morgan fingerprint density at radius 2 is 2.27 bits per heavy atom. The first kappa shape index (κ1) is 8.63. The number of hydrogen-bond donors (Lipinski definition) is 0. The summed E-state index contributed by atoms with van der Waals surface area (Å²) in [6.45, 7) is 5.31. The highest BCUT2D eigenvalue weighted by atomic mass is 16.2. The molecule has 0 spiro atoms. The highest BCUT2D eigenvalue weighted by molar-refractivity contribution is 6.19. The maximum absolute atomic E-state index is 11.3. The molecule has 3 heteroatoms. The number of carbonyl (C=O) groups excluding carboxylic acids is 1. The van der Waals surface area contributed by atoms with Crippen molar-refractivity contribution in [2.75, 3.05) is 6.54 Å². The van der Waals surface area contributed by atoms with E-state index in [1.165, 1.54) is 6.42 Å². The fraction of sp³-hybridized carbons (Fsp3) is 0.875. The molecule has 0 aromatic rings. The lowest BCUT2D eigenvalue weighted by Crippen LogP contribution is -2.33. The minimum atomic E-state index is 0.307. The van der Waals surface area contributed by atoms with Crippen molar-refractivity contribution in [2.45, 2.75) is 32.6 Å². The van der Waals surface area contributed by atoms with Crippen LogP contribution in [0.5, 0.6) is 0 Å². The Morgan fingerprint density at radius 3 is 2.64 bits per heavy atom. The van der Waals surface area contributed by atoms with Crippen LogP contribution in [0.4, 0.5) is 0 Å². The SMILES string of the molecule is BCC(=O)N1CC(C)CC1C. The molecule has 0 aliphatic carbocycles. The monoisotopic (exact) mass is 153 g/mol. The number of carbonyl (C=O) groups is 1. The van der Waals surface area contributed by atoms with E-state index < -0.39 is 0 Å². The van der Waals surface area contributed by atoms with Gasteiger partial charge in [-0.25, -0.2) is 0 Å². The van der Waals surface area contributed by atoms with Crippen molar-refractivity contribution in [3.05, 3.63) is 0 Å². The van der Waals surface area contributed by atoms with Crippen LogP contribution in [-0.2, 0) is 4.79 Å². The number of amides is 1. The lowest BCUT2D eigenvalue weighted by Gasteiger charge is -2.20. The largest absolute Gasteiger partial charge is 0.340 e. The van der Waals surface area contributed by atoms with Crippen LogP contribution in [0.25, 0.3) is 0 Å². The van der Waals surface area contributed by atoms with Crippen LogP contribution in [0, 0.1) is 5.92 Å². The molecular formula is C8H16BNO. The van der Waals surface area contributed by atoms with Gasteiger partial charge in [-0.1, -0.05) is 6.92 Å². The van der Waals surface area contributed by atoms with E-state index in [0.717, 1.165) is 6.54 Å². The van der Waals surface area contributed by atoms with Gasteiger partial charge in [0.25, 0.3) is 0 Å². The molecule has 0 aromatic carbocycles. The van der Waals surface area contributed by atoms with Gasteiger partial charge in [0.2, 0.25) is 5.91 Å². The Kier molecular flexibility index (Phi) is 2.58. The van der Waals surface area contributed by atoms with Gasteiger partial charge in [-0.2, -0.15) is 0 Å². The van der Waals surface area contributed by atoms with Gasteiger partial charge in [-0.3, -0.25) is 4.79 Å². The molecule has 1 rings (SSSR count). The minimum absolute atomic E-state index is 0.307. The minimum Gasteiger partial charge on any atom is -0.340 e. The summed E-state index contributed by atoms with van der Waals surface area (Å²) in [6, 6.07) is 0.470. The first-order chi connectivity index (χ1) is 5.15. The van der Waals surface area contributed by atoms with Crippen LogP contribution < -0.4 is 0 Å². The normalized spacial score (nSPS) is 30.9. The Bertz CT molecular complexity index is 160. The van der Waals surface area contributed by atoms with Crippen molar-refractivity contribution in [2.24, 2.45) is 5.92 Å². The highest BCUT2D eigenvalue weighted by Gasteiger charge is 2.28. The molecule has 0 bridgehead atoms. The van der Waals surface area contributed by atoms with Crippen molar-refractivity contribution >= 4 is 13.8 Å². The molecule has 1 aliphatic rings. The molecule has 2 unspecified atom stereocenters. The molecule has 2 atom stereocenters. The summed E-state index contributed by atoms with van der Waals surface area (Å²) in [4.78, 5) is 13.3. The predicted octanol–water partition coefficient (Wildman–Crippen LogP) is 0.295. The third kappa shape index (κ3) is 1.76. The molecule has 0 aromatic heterocycles. The molecule has 1 saturated heterocycles. The smallest absolute Gasteiger partial charge is 0.214 e. The van der Waals surface area contributed by atoms with Gasteiger partial charge in [0.15, 0.2) is 0 Å². The number of nitrogens with zero attached hydrogens (tertiary/aromatic N) is 1. The second-order valence-electron chi connectivity index (χ2n) is 3.59. The Labute approximate surface area is 69.4 Å². The van der Waals surface area contributed by atoms with E-state index in [1.807, 2.05) is 12.7 Å². The summed E-state index contributed by atoms with van der Waals surface area (Å²) >= 11 is 0. The van der Waals surface area contributed by atoms with Gasteiger partial charge < -0.3 is 4.90 Å². The third-order valence-corrected chi connectivity index (χ3v) is 2.41. The van der Waals surface area contributed by atoms with Crippen LogP contribution in [-0.4, -0.2) is 31.2 Å². The van der Waals surface area contributed by atoms with E-state index >= 15 is 0 Å². The van der Waals surface area contributed by atoms with Crippen molar-refractivity contribution in [3.8, 4) is 0 Å². The van der Waals surface area contributed by atoms with Gasteiger partial charge in [-0.15, -0.1) is 0 Å². The predicted molar refractivity (Wildman–Crippen MR) is 48.3 cm³/mol. The summed E-state index contributed by atoms with van der Waals surface area (Å²) in [6.07, 6.45) is 1.82. The molecular weight excluding hydrogens is 137 g/mol. The van der Waals surface area contributed by atoms with Gasteiger partial charge in [-0.05, 0) is 25.6 Å². The molecule has 0 saturated carbocycles. The van der Waals surface area contributed by atoms with Gasteiger partial charge in [0, 0.05) is 12.6 Å². The number of likely N-dealkylation sites (tertiary alicyclic amines) is 1. The van der Waals surface area contributed by atoms with Crippen LogP contribution in [0.3, 0.4) is 0 Å². The van der Waals surface area contributed by atoms with E-state index in [2.05, 4.69) is 13.8 Å². The Hall–Kier alpha value is -0.465. The summed E-state index contributed by atoms with van der Waals surface area (Å²) < 4.78 is 0. The van der Waals surface area contributed by atoms with Crippen molar-refractivity contribution in [1.82, 2.24) is 4.90 Å². The average Bonchev–Trinajstić information content (AvgIpc) is 2.28. The molecule has 2 nitrogen and oxygen atoms in total. The van der Waals surface area contributed by atoms with E-state index in [1.54, 1.807) is 0 Å². The number of rotatable bonds is 1. The first-order valence-electron chi connectivity index (χ1n) is 4.44. The van der Waals surface area contributed by atoms with E-state index in [4.69, 9.17) is 0 Å². The van der Waals surface area contributed by atoms with Crippen molar-refractivity contribution in [1.29, 1.82) is 0 Å². The summed E-state index contributed by atoms with van der Waals surface area (Å²) in [5.74, 6) is 1.00. The van der Waals surface area contributed by atoms with Crippen molar-refractivity contribution < 1.29 is 4.79 Å². The molecule has 1 aliphatic heterocycles. The Balaban J connectivity index is 2.52. The molecule has 0 N–H and O–H groups in total. The van der Waals surface area contributed by atoms with Crippen LogP contribution >= 0.6 is 0 Å². The van der Waals surface area contributed by atoms with Crippen LogP contribution in [0.2, 0.25) is 6.32 Å². The first-order valence-corrected chi connectivity index (χ1v) is 4.44. The lowest BCUT2D eigenvalue weighted by molar-refractivity contribution is -0.129. The molecule has 1 heterocycles. The lowest BCUT2D eigenvalue weighted by atomic mass is 10.0. The fourth-order valence-electron chi connectivity index (χ4n) is 1.85. The Morgan fingerprint density at radius 1 is 1.64 bits per heavy atom. The maximum Gasteiger partial charge on any atom is 0.214 e. The second-order valence-corrected chi connectivity index (χ2v) is 3.59. The van der Waals surface area contributed by atoms with Crippen LogP contribution in [0.1, 0.15) is 20.3 Å². The fourth-order valence-corrected chi connectivity index (χ4v) is 1.85. The topological polar surface area (TPSA) is 20.3 Å².